The first-order valence-electron chi connectivity index (χ1n) is 9.02. The van der Waals surface area contributed by atoms with Gasteiger partial charge in [-0.1, -0.05) is 11.6 Å². The lowest BCUT2D eigenvalue weighted by atomic mass is 10.1. The minimum Gasteiger partial charge on any atom is -0.497 e. The molecule has 1 aromatic carbocycles. The lowest BCUT2D eigenvalue weighted by Gasteiger charge is -2.26. The molecule has 1 amide bonds. The van der Waals surface area contributed by atoms with Gasteiger partial charge in [-0.05, 0) is 37.5 Å². The number of aromatic nitrogens is 1. The minimum atomic E-state index is -0.00697. The molecule has 0 radical (unpaired) electrons. The zero-order valence-electron chi connectivity index (χ0n) is 15.6. The van der Waals surface area contributed by atoms with Gasteiger partial charge in [0.05, 0.1) is 24.8 Å². The van der Waals surface area contributed by atoms with Crippen molar-refractivity contribution in [3.8, 4) is 11.5 Å². The second kappa shape index (κ2) is 8.95. The van der Waals surface area contributed by atoms with Gasteiger partial charge in [0, 0.05) is 37.5 Å². The third-order valence-electron chi connectivity index (χ3n) is 4.67. The predicted molar refractivity (Wildman–Crippen MR) is 106 cm³/mol. The molecule has 0 spiro atoms. The van der Waals surface area contributed by atoms with Crippen molar-refractivity contribution in [3.05, 3.63) is 46.6 Å². The van der Waals surface area contributed by atoms with Crippen molar-refractivity contribution in [2.75, 3.05) is 32.6 Å². The fourth-order valence-electron chi connectivity index (χ4n) is 3.14. The van der Waals surface area contributed by atoms with Gasteiger partial charge in [-0.3, -0.25) is 4.79 Å². The normalized spacial score (nSPS) is 14.0. The van der Waals surface area contributed by atoms with Crippen LogP contribution in [0.25, 0.3) is 0 Å². The fourth-order valence-corrected chi connectivity index (χ4v) is 3.37. The number of rotatable bonds is 6. The summed E-state index contributed by atoms with van der Waals surface area (Å²) in [6.07, 6.45) is 4.86. The molecule has 1 fully saturated rings. The molecule has 2 aromatic rings. The van der Waals surface area contributed by atoms with E-state index >= 15 is 0 Å². The number of piperidine rings is 1. The third kappa shape index (κ3) is 4.63. The molecule has 1 N–H and O–H groups in total. The number of hydrogen-bond acceptors (Lipinski definition) is 5. The van der Waals surface area contributed by atoms with Crippen LogP contribution < -0.4 is 14.8 Å². The number of methoxy groups -OCH3 is 2. The molecular weight excluding hydrogens is 366 g/mol. The van der Waals surface area contributed by atoms with E-state index in [4.69, 9.17) is 21.1 Å². The highest BCUT2D eigenvalue weighted by molar-refractivity contribution is 6.33. The van der Waals surface area contributed by atoms with Crippen LogP contribution in [0.4, 0.5) is 5.82 Å². The van der Waals surface area contributed by atoms with Crippen molar-refractivity contribution in [2.24, 2.45) is 0 Å². The minimum absolute atomic E-state index is 0.00697. The number of hydrogen-bond donors (Lipinski definition) is 1. The van der Waals surface area contributed by atoms with E-state index in [0.717, 1.165) is 43.0 Å². The predicted octanol–water partition coefficient (Wildman–Crippen LogP) is 3.99. The van der Waals surface area contributed by atoms with E-state index in [1.54, 1.807) is 26.5 Å². The molecule has 0 atom stereocenters. The number of benzene rings is 1. The highest BCUT2D eigenvalue weighted by Gasteiger charge is 2.19. The molecule has 7 heteroatoms. The van der Waals surface area contributed by atoms with Crippen molar-refractivity contribution in [1.29, 1.82) is 0 Å². The average Bonchev–Trinajstić information content (AvgIpc) is 2.72. The smallest absolute Gasteiger partial charge is 0.255 e. The number of carbonyl (C=O) groups excluding carboxylic acids is 1. The lowest BCUT2D eigenvalue weighted by Crippen LogP contribution is -2.35. The molecule has 1 aliphatic heterocycles. The molecule has 1 saturated heterocycles. The van der Waals surface area contributed by atoms with Crippen molar-refractivity contribution in [3.63, 3.8) is 0 Å². The van der Waals surface area contributed by atoms with Crippen LogP contribution in [-0.4, -0.2) is 43.1 Å². The third-order valence-corrected chi connectivity index (χ3v) is 4.96. The maximum absolute atomic E-state index is 12.6. The number of ether oxygens (including phenoxy) is 2. The number of nitrogens with zero attached hydrogens (tertiary/aromatic N) is 2. The molecule has 1 aromatic heterocycles. The van der Waals surface area contributed by atoms with Crippen LogP contribution in [0.2, 0.25) is 5.02 Å². The molecule has 6 nitrogen and oxygen atoms in total. The standard InChI is InChI=1S/C20H24ClN3O3/c1-26-16-7-6-14(18(11-16)27-2)12-22-19-17(21)10-15(13-23-19)20(25)24-8-4-3-5-9-24/h6-7,10-11,13H,3-5,8-9,12H2,1-2H3,(H,22,23). The van der Waals surface area contributed by atoms with Crippen LogP contribution in [-0.2, 0) is 6.54 Å². The van der Waals surface area contributed by atoms with Crippen LogP contribution in [0.1, 0.15) is 35.2 Å². The largest absolute Gasteiger partial charge is 0.497 e. The van der Waals surface area contributed by atoms with Gasteiger partial charge in [0.2, 0.25) is 0 Å². The first kappa shape index (κ1) is 19.3. The monoisotopic (exact) mass is 389 g/mol. The molecule has 27 heavy (non-hydrogen) atoms. The second-order valence-electron chi connectivity index (χ2n) is 6.44. The number of pyridine rings is 1. The topological polar surface area (TPSA) is 63.7 Å². The zero-order valence-corrected chi connectivity index (χ0v) is 16.4. The number of nitrogens with one attached hydrogen (secondary N) is 1. The molecule has 0 aliphatic carbocycles. The van der Waals surface area contributed by atoms with Crippen molar-refractivity contribution in [1.82, 2.24) is 9.88 Å². The fraction of sp³-hybridized carbons (Fsp3) is 0.400. The highest BCUT2D eigenvalue weighted by atomic mass is 35.5. The van der Waals surface area contributed by atoms with E-state index in [9.17, 15) is 4.79 Å². The maximum atomic E-state index is 12.6. The van der Waals surface area contributed by atoms with E-state index < -0.39 is 0 Å². The van der Waals surface area contributed by atoms with Crippen molar-refractivity contribution in [2.45, 2.75) is 25.8 Å². The SMILES string of the molecule is COc1ccc(CNc2ncc(C(=O)N3CCCCC3)cc2Cl)c(OC)c1. The zero-order chi connectivity index (χ0) is 19.2. The van der Waals surface area contributed by atoms with E-state index in [2.05, 4.69) is 10.3 Å². The van der Waals surface area contributed by atoms with Crippen LogP contribution in [0.3, 0.4) is 0 Å². The Balaban J connectivity index is 1.68. The molecular formula is C20H24ClN3O3. The summed E-state index contributed by atoms with van der Waals surface area (Å²) >= 11 is 6.35. The Morgan fingerprint density at radius 2 is 1.96 bits per heavy atom. The number of amides is 1. The van der Waals surface area contributed by atoms with Crippen molar-refractivity contribution < 1.29 is 14.3 Å². The van der Waals surface area contributed by atoms with E-state index in [1.165, 1.54) is 6.42 Å². The Hall–Kier alpha value is -2.47. The maximum Gasteiger partial charge on any atom is 0.255 e. The number of likely N-dealkylation sites (tertiary alicyclic amines) is 1. The van der Waals surface area contributed by atoms with Gasteiger partial charge in [0.15, 0.2) is 0 Å². The number of anilines is 1. The Bertz CT molecular complexity index is 807. The molecule has 0 bridgehead atoms. The highest BCUT2D eigenvalue weighted by Crippen LogP contribution is 2.27. The van der Waals surface area contributed by atoms with Crippen LogP contribution in [0.5, 0.6) is 11.5 Å². The summed E-state index contributed by atoms with van der Waals surface area (Å²) in [5.41, 5.74) is 1.47. The van der Waals surface area contributed by atoms with E-state index in [0.29, 0.717) is 22.9 Å². The summed E-state index contributed by atoms with van der Waals surface area (Å²) in [7, 11) is 3.23. The Morgan fingerprint density at radius 3 is 2.63 bits per heavy atom. The van der Waals surface area contributed by atoms with Gasteiger partial charge in [-0.25, -0.2) is 4.98 Å². The Morgan fingerprint density at radius 1 is 1.19 bits per heavy atom. The first-order chi connectivity index (χ1) is 13.1. The van der Waals surface area contributed by atoms with Gasteiger partial charge >= 0.3 is 0 Å². The average molecular weight is 390 g/mol. The number of carbonyl (C=O) groups is 1. The van der Waals surface area contributed by atoms with E-state index in [-0.39, 0.29) is 5.91 Å². The Labute approximate surface area is 164 Å². The van der Waals surface area contributed by atoms with Gasteiger partial charge in [-0.15, -0.1) is 0 Å². The quantitative estimate of drug-likeness (QED) is 0.809. The summed E-state index contributed by atoms with van der Waals surface area (Å²) < 4.78 is 10.6. The van der Waals surface area contributed by atoms with Gasteiger partial charge in [0.1, 0.15) is 17.3 Å². The lowest BCUT2D eigenvalue weighted by molar-refractivity contribution is 0.0724. The molecule has 0 unspecified atom stereocenters. The van der Waals surface area contributed by atoms with Crippen LogP contribution in [0.15, 0.2) is 30.5 Å². The number of halogens is 1. The summed E-state index contributed by atoms with van der Waals surface area (Å²) in [5, 5.41) is 3.62. The molecule has 0 saturated carbocycles. The molecule has 144 valence electrons. The summed E-state index contributed by atoms with van der Waals surface area (Å²) in [6, 6.07) is 7.30. The summed E-state index contributed by atoms with van der Waals surface area (Å²) in [5.74, 6) is 1.97. The molecule has 3 rings (SSSR count). The van der Waals surface area contributed by atoms with Gasteiger partial charge < -0.3 is 19.7 Å². The van der Waals surface area contributed by atoms with E-state index in [1.807, 2.05) is 23.1 Å². The van der Waals surface area contributed by atoms with Gasteiger partial charge in [-0.2, -0.15) is 0 Å². The Kier molecular flexibility index (Phi) is 6.40. The first-order valence-corrected chi connectivity index (χ1v) is 9.39. The molecule has 1 aliphatic rings. The second-order valence-corrected chi connectivity index (χ2v) is 6.85. The molecule has 2 heterocycles. The van der Waals surface area contributed by atoms with Gasteiger partial charge in [0.25, 0.3) is 5.91 Å². The van der Waals surface area contributed by atoms with Crippen LogP contribution >= 0.6 is 11.6 Å². The van der Waals surface area contributed by atoms with Crippen molar-refractivity contribution >= 4 is 23.3 Å². The summed E-state index contributed by atoms with van der Waals surface area (Å²) in [4.78, 5) is 18.8. The summed E-state index contributed by atoms with van der Waals surface area (Å²) in [6.45, 7) is 2.08. The van der Waals surface area contributed by atoms with Crippen LogP contribution in [0, 0.1) is 0 Å².